The van der Waals surface area contributed by atoms with Crippen LogP contribution < -0.4 is 0 Å². The first-order valence-electron chi connectivity index (χ1n) is 6.37. The van der Waals surface area contributed by atoms with E-state index in [0.717, 1.165) is 20.8 Å². The number of fused-ring (bicyclic) bond motifs is 1. The highest BCUT2D eigenvalue weighted by Crippen LogP contribution is 2.44. The van der Waals surface area contributed by atoms with Crippen LogP contribution in [0.1, 0.15) is 39.2 Å². The summed E-state index contributed by atoms with van der Waals surface area (Å²) in [5.41, 5.74) is 2.52. The van der Waals surface area contributed by atoms with E-state index in [9.17, 15) is 0 Å². The molecule has 1 aromatic carbocycles. The molecule has 0 bridgehead atoms. The summed E-state index contributed by atoms with van der Waals surface area (Å²) >= 11 is 11.7. The quantitative estimate of drug-likeness (QED) is 0.721. The van der Waals surface area contributed by atoms with E-state index in [-0.39, 0.29) is 0 Å². The highest BCUT2D eigenvalue weighted by molar-refractivity contribution is 7.71. The number of halogens is 1. The van der Waals surface area contributed by atoms with Gasteiger partial charge >= 0.3 is 0 Å². The van der Waals surface area contributed by atoms with E-state index in [0.29, 0.717) is 11.5 Å². The van der Waals surface area contributed by atoms with Gasteiger partial charge in [-0.15, -0.1) is 0 Å². The van der Waals surface area contributed by atoms with Crippen molar-refractivity contribution in [3.05, 3.63) is 28.0 Å². The largest absolute Gasteiger partial charge is 0.329 e. The van der Waals surface area contributed by atoms with Crippen LogP contribution in [0.2, 0.25) is 5.02 Å². The predicted molar refractivity (Wildman–Crippen MR) is 78.8 cm³/mol. The van der Waals surface area contributed by atoms with Gasteiger partial charge < -0.3 is 9.55 Å². The van der Waals surface area contributed by atoms with Crippen molar-refractivity contribution in [1.29, 1.82) is 0 Å². The van der Waals surface area contributed by atoms with Gasteiger partial charge in [-0.25, -0.2) is 0 Å². The molecule has 1 fully saturated rings. The smallest absolute Gasteiger partial charge is 0.178 e. The van der Waals surface area contributed by atoms with E-state index in [1.54, 1.807) is 0 Å². The molecule has 0 aliphatic heterocycles. The molecule has 4 heteroatoms. The molecule has 1 N–H and O–H groups in total. The monoisotopic (exact) mass is 280 g/mol. The zero-order valence-electron chi connectivity index (χ0n) is 10.7. The molecule has 2 nitrogen and oxygen atoms in total. The first kappa shape index (κ1) is 12.2. The Morgan fingerprint density at radius 2 is 2.22 bits per heavy atom. The topological polar surface area (TPSA) is 20.7 Å². The summed E-state index contributed by atoms with van der Waals surface area (Å²) in [5, 5.41) is 0.745. The molecule has 0 amide bonds. The number of H-pyrrole nitrogens is 1. The first-order chi connectivity index (χ1) is 8.48. The van der Waals surface area contributed by atoms with Crippen LogP contribution in [0.3, 0.4) is 0 Å². The lowest BCUT2D eigenvalue weighted by Crippen LogP contribution is -2.09. The number of benzene rings is 1. The minimum atomic E-state index is 0.418. The van der Waals surface area contributed by atoms with E-state index in [2.05, 4.69) is 29.5 Å². The summed E-state index contributed by atoms with van der Waals surface area (Å²) in [6.07, 6.45) is 3.63. The van der Waals surface area contributed by atoms with E-state index in [1.807, 2.05) is 12.1 Å². The number of aromatic amines is 1. The van der Waals surface area contributed by atoms with Crippen LogP contribution in [-0.2, 0) is 0 Å². The molecule has 0 radical (unpaired) electrons. The van der Waals surface area contributed by atoms with Gasteiger partial charge in [0.15, 0.2) is 4.77 Å². The Morgan fingerprint density at radius 3 is 2.89 bits per heavy atom. The summed E-state index contributed by atoms with van der Waals surface area (Å²) in [6.45, 7) is 4.66. The van der Waals surface area contributed by atoms with Crippen LogP contribution in [0.4, 0.5) is 0 Å². The van der Waals surface area contributed by atoms with Gasteiger partial charge in [-0.3, -0.25) is 0 Å². The second kappa shape index (κ2) is 4.10. The Kier molecular flexibility index (Phi) is 2.79. The Bertz CT molecular complexity index is 653. The molecule has 1 aliphatic carbocycles. The fourth-order valence-electron chi connectivity index (χ4n) is 3.10. The lowest BCUT2D eigenvalue weighted by molar-refractivity contribution is 0.360. The number of aromatic nitrogens is 2. The molecule has 96 valence electrons. The fraction of sp³-hybridized carbons (Fsp3) is 0.500. The van der Waals surface area contributed by atoms with Gasteiger partial charge in [0.2, 0.25) is 0 Å². The van der Waals surface area contributed by atoms with E-state index >= 15 is 0 Å². The average molecular weight is 281 g/mol. The third kappa shape index (κ3) is 1.90. The molecular weight excluding hydrogens is 264 g/mol. The summed E-state index contributed by atoms with van der Waals surface area (Å²) in [6, 6.07) is 6.49. The minimum Gasteiger partial charge on any atom is -0.329 e. The predicted octanol–water partition coefficient (Wildman–Crippen LogP) is 5.10. The third-order valence-corrected chi connectivity index (χ3v) is 4.62. The molecule has 1 atom stereocenters. The second-order valence-electron chi connectivity index (χ2n) is 5.99. The number of imidazole rings is 1. The molecule has 18 heavy (non-hydrogen) atoms. The first-order valence-corrected chi connectivity index (χ1v) is 7.15. The lowest BCUT2D eigenvalue weighted by Gasteiger charge is -2.18. The second-order valence-corrected chi connectivity index (χ2v) is 6.79. The molecule has 1 heterocycles. The van der Waals surface area contributed by atoms with Crippen molar-refractivity contribution in [2.45, 2.75) is 39.2 Å². The maximum Gasteiger partial charge on any atom is 0.178 e. The highest BCUT2D eigenvalue weighted by Gasteiger charge is 2.32. The van der Waals surface area contributed by atoms with Gasteiger partial charge in [0, 0.05) is 6.04 Å². The molecule has 1 saturated carbocycles. The van der Waals surface area contributed by atoms with Gasteiger partial charge in [-0.1, -0.05) is 31.5 Å². The Hall–Kier alpha value is -0.800. The van der Waals surface area contributed by atoms with Gasteiger partial charge in [-0.2, -0.15) is 0 Å². The molecule has 2 aromatic rings. The van der Waals surface area contributed by atoms with Gasteiger partial charge in [-0.05, 0) is 49.0 Å². The van der Waals surface area contributed by atoms with Gasteiger partial charge in [0.05, 0.1) is 16.1 Å². The minimum absolute atomic E-state index is 0.418. The summed E-state index contributed by atoms with van der Waals surface area (Å²) in [4.78, 5) is 3.25. The molecule has 1 unspecified atom stereocenters. The number of nitrogens with zero attached hydrogens (tertiary/aromatic N) is 1. The van der Waals surface area contributed by atoms with Crippen LogP contribution in [-0.4, -0.2) is 9.55 Å². The molecule has 1 aliphatic rings. The summed E-state index contributed by atoms with van der Waals surface area (Å²) < 4.78 is 3.05. The van der Waals surface area contributed by atoms with Crippen molar-refractivity contribution in [3.63, 3.8) is 0 Å². The van der Waals surface area contributed by atoms with Crippen LogP contribution >= 0.6 is 23.8 Å². The number of rotatable bonds is 1. The standard InChI is InChI=1S/C14H17ClN2S/c1-14(2)7-6-9(8-14)17-11-5-3-4-10(15)12(11)16-13(17)18/h3-5,9H,6-8H2,1-2H3,(H,16,18). The lowest BCUT2D eigenvalue weighted by atomic mass is 9.92. The highest BCUT2D eigenvalue weighted by atomic mass is 35.5. The normalized spacial score (nSPS) is 22.7. The SMILES string of the molecule is CC1(C)CCC(n2c(=S)[nH]c3c(Cl)cccc32)C1. The number of para-hydroxylation sites is 1. The fourth-order valence-corrected chi connectivity index (χ4v) is 3.66. The molecule has 0 saturated heterocycles. The molecular formula is C14H17ClN2S. The molecule has 3 rings (SSSR count). The van der Waals surface area contributed by atoms with Crippen molar-refractivity contribution in [3.8, 4) is 0 Å². The van der Waals surface area contributed by atoms with E-state index in [1.165, 1.54) is 19.3 Å². The Morgan fingerprint density at radius 1 is 1.44 bits per heavy atom. The van der Waals surface area contributed by atoms with Crippen LogP contribution in [0.5, 0.6) is 0 Å². The van der Waals surface area contributed by atoms with Crippen LogP contribution in [0.25, 0.3) is 11.0 Å². The van der Waals surface area contributed by atoms with Crippen molar-refractivity contribution in [2.24, 2.45) is 5.41 Å². The van der Waals surface area contributed by atoms with Gasteiger partial charge in [0.1, 0.15) is 0 Å². The maximum absolute atomic E-state index is 6.21. The van der Waals surface area contributed by atoms with Crippen molar-refractivity contribution >= 4 is 34.9 Å². The van der Waals surface area contributed by atoms with Crippen LogP contribution in [0, 0.1) is 10.2 Å². The zero-order chi connectivity index (χ0) is 12.9. The number of nitrogens with one attached hydrogen (secondary N) is 1. The van der Waals surface area contributed by atoms with E-state index < -0.39 is 0 Å². The van der Waals surface area contributed by atoms with Crippen molar-refractivity contribution in [1.82, 2.24) is 9.55 Å². The summed E-state index contributed by atoms with van der Waals surface area (Å²) in [5.74, 6) is 0. The molecule has 1 aromatic heterocycles. The summed E-state index contributed by atoms with van der Waals surface area (Å²) in [7, 11) is 0. The van der Waals surface area contributed by atoms with Gasteiger partial charge in [0.25, 0.3) is 0 Å². The van der Waals surface area contributed by atoms with Crippen LogP contribution in [0.15, 0.2) is 18.2 Å². The zero-order valence-corrected chi connectivity index (χ0v) is 12.2. The van der Waals surface area contributed by atoms with Crippen molar-refractivity contribution < 1.29 is 0 Å². The van der Waals surface area contributed by atoms with E-state index in [4.69, 9.17) is 23.8 Å². The molecule has 0 spiro atoms. The maximum atomic E-state index is 6.21. The Balaban J connectivity index is 2.16. The average Bonchev–Trinajstić information content (AvgIpc) is 2.79. The third-order valence-electron chi connectivity index (χ3n) is 4.01. The van der Waals surface area contributed by atoms with Crippen molar-refractivity contribution in [2.75, 3.05) is 0 Å². The Labute approximate surface area is 117 Å². The number of hydrogen-bond donors (Lipinski definition) is 1. The number of hydrogen-bond acceptors (Lipinski definition) is 1.